The number of aromatic nitrogens is 2. The van der Waals surface area contributed by atoms with Crippen LogP contribution < -0.4 is 5.32 Å². The molecule has 1 saturated heterocycles. The summed E-state index contributed by atoms with van der Waals surface area (Å²) < 4.78 is 11.0. The Bertz CT molecular complexity index is 836. The van der Waals surface area contributed by atoms with Crippen LogP contribution in [0.15, 0.2) is 22.7 Å². The molecule has 2 aromatic rings. The van der Waals surface area contributed by atoms with E-state index < -0.39 is 5.54 Å². The van der Waals surface area contributed by atoms with Gasteiger partial charge in [-0.3, -0.25) is 4.79 Å². The molecule has 2 aliphatic rings. The number of carbonyl (C=O) groups is 1. The number of hydrogen-bond acceptors (Lipinski definition) is 6. The van der Waals surface area contributed by atoms with Gasteiger partial charge in [0.05, 0.1) is 5.56 Å². The molecule has 0 radical (unpaired) electrons. The number of ether oxygens (including phenoxy) is 1. The van der Waals surface area contributed by atoms with Crippen LogP contribution in [0.2, 0.25) is 0 Å². The average molecular weight is 371 g/mol. The van der Waals surface area contributed by atoms with Gasteiger partial charge in [0.25, 0.3) is 11.8 Å². The van der Waals surface area contributed by atoms with Crippen molar-refractivity contribution in [1.29, 1.82) is 0 Å². The summed E-state index contributed by atoms with van der Waals surface area (Å²) in [6, 6.07) is 5.18. The van der Waals surface area contributed by atoms with Crippen molar-refractivity contribution in [3.63, 3.8) is 0 Å². The molecule has 0 unspecified atom stereocenters. The zero-order valence-corrected chi connectivity index (χ0v) is 15.7. The maximum Gasteiger partial charge on any atom is 0.255 e. The van der Waals surface area contributed by atoms with Crippen LogP contribution >= 0.6 is 0 Å². The van der Waals surface area contributed by atoms with E-state index in [0.717, 1.165) is 18.4 Å². The molecule has 2 fully saturated rings. The molecule has 1 amide bonds. The van der Waals surface area contributed by atoms with Gasteiger partial charge in [0.2, 0.25) is 0 Å². The number of hydrogen-bond donors (Lipinski definition) is 2. The third kappa shape index (κ3) is 3.56. The smallest absolute Gasteiger partial charge is 0.255 e. The third-order valence-electron chi connectivity index (χ3n) is 5.43. The van der Waals surface area contributed by atoms with E-state index in [-0.39, 0.29) is 23.1 Å². The van der Waals surface area contributed by atoms with Gasteiger partial charge >= 0.3 is 0 Å². The second kappa shape index (κ2) is 6.96. The lowest BCUT2D eigenvalue weighted by Crippen LogP contribution is -2.49. The standard InChI is InChI=1S/C20H25N3O4/c1-12(2)14-5-6-15(16(24)11-14)18(25)22-20(7-9-26-10-8-20)19-21-17(23-27-19)13-3-4-13/h5-6,11-13,24H,3-4,7-10H2,1-2H3,(H,22,25). The van der Waals surface area contributed by atoms with E-state index in [4.69, 9.17) is 9.26 Å². The highest BCUT2D eigenvalue weighted by Crippen LogP contribution is 2.40. The predicted octanol–water partition coefficient (Wildman–Crippen LogP) is 3.21. The number of phenols is 1. The van der Waals surface area contributed by atoms with Gasteiger partial charge in [-0.05, 0) is 36.5 Å². The van der Waals surface area contributed by atoms with Gasteiger partial charge in [-0.25, -0.2) is 0 Å². The molecule has 7 heteroatoms. The molecule has 27 heavy (non-hydrogen) atoms. The number of amides is 1. The largest absolute Gasteiger partial charge is 0.507 e. The number of aromatic hydroxyl groups is 1. The zero-order valence-electron chi connectivity index (χ0n) is 15.7. The van der Waals surface area contributed by atoms with E-state index in [2.05, 4.69) is 15.5 Å². The van der Waals surface area contributed by atoms with Gasteiger partial charge in [-0.15, -0.1) is 0 Å². The second-order valence-electron chi connectivity index (χ2n) is 7.81. The Morgan fingerprint density at radius 3 is 2.67 bits per heavy atom. The Morgan fingerprint density at radius 2 is 2.04 bits per heavy atom. The zero-order chi connectivity index (χ0) is 19.0. The Kier molecular flexibility index (Phi) is 4.63. The Hall–Kier alpha value is -2.41. The van der Waals surface area contributed by atoms with Gasteiger partial charge in [0.15, 0.2) is 5.82 Å². The van der Waals surface area contributed by atoms with E-state index in [0.29, 0.717) is 43.7 Å². The van der Waals surface area contributed by atoms with Crippen molar-refractivity contribution in [2.24, 2.45) is 0 Å². The second-order valence-corrected chi connectivity index (χ2v) is 7.81. The number of nitrogens with one attached hydrogen (secondary N) is 1. The van der Waals surface area contributed by atoms with Crippen molar-refractivity contribution in [3.8, 4) is 5.75 Å². The van der Waals surface area contributed by atoms with Gasteiger partial charge in [-0.1, -0.05) is 25.1 Å². The molecule has 1 aliphatic carbocycles. The summed E-state index contributed by atoms with van der Waals surface area (Å²) in [4.78, 5) is 17.5. The fourth-order valence-corrected chi connectivity index (χ4v) is 3.43. The van der Waals surface area contributed by atoms with Gasteiger partial charge < -0.3 is 19.7 Å². The van der Waals surface area contributed by atoms with E-state index in [1.165, 1.54) is 0 Å². The molecule has 1 aromatic carbocycles. The van der Waals surface area contributed by atoms with Gasteiger partial charge in [0, 0.05) is 32.0 Å². The predicted molar refractivity (Wildman–Crippen MR) is 97.7 cm³/mol. The minimum atomic E-state index is -0.765. The quantitative estimate of drug-likeness (QED) is 0.838. The maximum atomic E-state index is 12.9. The highest BCUT2D eigenvalue weighted by molar-refractivity contribution is 5.97. The molecule has 1 saturated carbocycles. The molecule has 1 aromatic heterocycles. The SMILES string of the molecule is CC(C)c1ccc(C(=O)NC2(c3nc(C4CC4)no3)CCOCC2)c(O)c1. The van der Waals surface area contributed by atoms with Crippen LogP contribution in [-0.4, -0.2) is 34.4 Å². The number of carbonyl (C=O) groups excluding carboxylic acids is 1. The van der Waals surface area contributed by atoms with Crippen molar-refractivity contribution in [2.45, 2.75) is 56.9 Å². The summed E-state index contributed by atoms with van der Waals surface area (Å²) in [5.74, 6) is 1.42. The molecule has 1 aliphatic heterocycles. The van der Waals surface area contributed by atoms with Crippen molar-refractivity contribution in [3.05, 3.63) is 41.0 Å². The summed E-state index contributed by atoms with van der Waals surface area (Å²) >= 11 is 0. The van der Waals surface area contributed by atoms with E-state index >= 15 is 0 Å². The molecule has 7 nitrogen and oxygen atoms in total. The maximum absolute atomic E-state index is 12.9. The number of phenolic OH excluding ortho intramolecular Hbond substituents is 1. The van der Waals surface area contributed by atoms with Crippen molar-refractivity contribution in [2.75, 3.05) is 13.2 Å². The Labute approximate surface area is 158 Å². The first-order chi connectivity index (χ1) is 13.0. The lowest BCUT2D eigenvalue weighted by molar-refractivity contribution is 0.0221. The molecule has 0 bridgehead atoms. The van der Waals surface area contributed by atoms with Crippen LogP contribution in [0.25, 0.3) is 0 Å². The lowest BCUT2D eigenvalue weighted by Gasteiger charge is -2.34. The highest BCUT2D eigenvalue weighted by Gasteiger charge is 2.43. The summed E-state index contributed by atoms with van der Waals surface area (Å²) in [5.41, 5.74) is 0.460. The number of nitrogens with zero attached hydrogens (tertiary/aromatic N) is 2. The fourth-order valence-electron chi connectivity index (χ4n) is 3.43. The normalized spacial score (nSPS) is 19.2. The van der Waals surface area contributed by atoms with E-state index in [9.17, 15) is 9.90 Å². The van der Waals surface area contributed by atoms with Crippen LogP contribution in [0.4, 0.5) is 0 Å². The van der Waals surface area contributed by atoms with Gasteiger partial charge in [-0.2, -0.15) is 4.98 Å². The molecule has 2 heterocycles. The fraction of sp³-hybridized carbons (Fsp3) is 0.550. The Balaban J connectivity index is 1.60. The van der Waals surface area contributed by atoms with E-state index in [1.54, 1.807) is 12.1 Å². The van der Waals surface area contributed by atoms with E-state index in [1.807, 2.05) is 19.9 Å². The van der Waals surface area contributed by atoms with Crippen LogP contribution in [0.1, 0.15) is 79.0 Å². The summed E-state index contributed by atoms with van der Waals surface area (Å²) in [6.45, 7) is 5.08. The number of rotatable bonds is 5. The molecule has 0 spiro atoms. The van der Waals surface area contributed by atoms with Crippen LogP contribution in [0.5, 0.6) is 5.75 Å². The molecule has 0 atom stereocenters. The summed E-state index contributed by atoms with van der Waals surface area (Å²) in [5, 5.41) is 17.5. The summed E-state index contributed by atoms with van der Waals surface area (Å²) in [7, 11) is 0. The van der Waals surface area contributed by atoms with Crippen LogP contribution in [-0.2, 0) is 10.3 Å². The minimum Gasteiger partial charge on any atom is -0.507 e. The third-order valence-corrected chi connectivity index (χ3v) is 5.43. The highest BCUT2D eigenvalue weighted by atomic mass is 16.5. The van der Waals surface area contributed by atoms with Crippen molar-refractivity contribution in [1.82, 2.24) is 15.5 Å². The molecule has 144 valence electrons. The molecule has 4 rings (SSSR count). The first kappa shape index (κ1) is 18.0. The van der Waals surface area contributed by atoms with Gasteiger partial charge in [0.1, 0.15) is 11.3 Å². The summed E-state index contributed by atoms with van der Waals surface area (Å²) in [6.07, 6.45) is 3.26. The lowest BCUT2D eigenvalue weighted by atomic mass is 9.89. The first-order valence-electron chi connectivity index (χ1n) is 9.56. The molecular formula is C20H25N3O4. The topological polar surface area (TPSA) is 97.5 Å². The Morgan fingerprint density at radius 1 is 1.30 bits per heavy atom. The van der Waals surface area contributed by atoms with Crippen molar-refractivity contribution < 1.29 is 19.2 Å². The minimum absolute atomic E-state index is 0.0230. The van der Waals surface area contributed by atoms with Crippen LogP contribution in [0.3, 0.4) is 0 Å². The molecule has 2 N–H and O–H groups in total. The van der Waals surface area contributed by atoms with Crippen LogP contribution in [0, 0.1) is 0 Å². The molecular weight excluding hydrogens is 346 g/mol. The monoisotopic (exact) mass is 371 g/mol. The number of benzene rings is 1. The van der Waals surface area contributed by atoms with Crippen molar-refractivity contribution >= 4 is 5.91 Å². The first-order valence-corrected chi connectivity index (χ1v) is 9.56. The average Bonchev–Trinajstić information content (AvgIpc) is 3.38.